The van der Waals surface area contributed by atoms with E-state index in [-0.39, 0.29) is 5.78 Å². The number of benzene rings is 3. The Balaban J connectivity index is 1.79. The summed E-state index contributed by atoms with van der Waals surface area (Å²) in [6.45, 7) is 0. The number of nitrogens with one attached hydrogen (secondary N) is 1. The first-order chi connectivity index (χ1) is 13.2. The van der Waals surface area contributed by atoms with Crippen LogP contribution < -0.4 is 5.32 Å². The maximum atomic E-state index is 13.1. The summed E-state index contributed by atoms with van der Waals surface area (Å²) in [4.78, 5) is 13.1. The zero-order chi connectivity index (χ0) is 18.6. The molecule has 0 saturated heterocycles. The van der Waals surface area contributed by atoms with Gasteiger partial charge in [0.2, 0.25) is 5.88 Å². The molecule has 0 saturated carbocycles. The molecule has 4 heteroatoms. The third-order valence-electron chi connectivity index (χ3n) is 4.15. The number of hydrogen-bond acceptors (Lipinski definition) is 3. The Kier molecular flexibility index (Phi) is 4.90. The van der Waals surface area contributed by atoms with E-state index in [4.69, 9.17) is 4.42 Å². The minimum Gasteiger partial charge on any atom is -0.440 e. The number of anilines is 2. The number of furan rings is 1. The SMILES string of the molecule is O=C(c1ccccc1)c1cc(-c2cccc(Br)c2)oc1Nc1ccccc1. The Morgan fingerprint density at radius 3 is 2.22 bits per heavy atom. The van der Waals surface area contributed by atoms with Crippen LogP contribution in [-0.4, -0.2) is 5.78 Å². The molecule has 4 rings (SSSR count). The van der Waals surface area contributed by atoms with E-state index in [9.17, 15) is 4.79 Å². The van der Waals surface area contributed by atoms with Crippen LogP contribution >= 0.6 is 15.9 Å². The third-order valence-corrected chi connectivity index (χ3v) is 4.65. The van der Waals surface area contributed by atoms with Crippen molar-refractivity contribution in [3.05, 3.63) is 107 Å². The fourth-order valence-corrected chi connectivity index (χ4v) is 3.23. The van der Waals surface area contributed by atoms with Gasteiger partial charge in [0, 0.05) is 21.3 Å². The standard InChI is InChI=1S/C23H16BrNO2/c24-18-11-7-10-17(14-18)21-15-20(22(26)16-8-3-1-4-9-16)23(27-21)25-19-12-5-2-6-13-19/h1-15,25H. The van der Waals surface area contributed by atoms with E-state index in [1.165, 1.54) is 0 Å². The number of rotatable bonds is 5. The van der Waals surface area contributed by atoms with Crippen LogP contribution in [0.5, 0.6) is 0 Å². The molecule has 1 N–H and O–H groups in total. The summed E-state index contributed by atoms with van der Waals surface area (Å²) >= 11 is 3.48. The van der Waals surface area contributed by atoms with Crippen LogP contribution in [0.4, 0.5) is 11.6 Å². The molecular formula is C23H16BrNO2. The van der Waals surface area contributed by atoms with Crippen molar-refractivity contribution in [3.63, 3.8) is 0 Å². The molecule has 4 aromatic rings. The van der Waals surface area contributed by atoms with Gasteiger partial charge in [-0.2, -0.15) is 0 Å². The van der Waals surface area contributed by atoms with Crippen molar-refractivity contribution >= 4 is 33.3 Å². The normalized spacial score (nSPS) is 10.6. The highest BCUT2D eigenvalue weighted by molar-refractivity contribution is 9.10. The van der Waals surface area contributed by atoms with Gasteiger partial charge in [0.1, 0.15) is 5.76 Å². The first kappa shape index (κ1) is 17.3. The van der Waals surface area contributed by atoms with Gasteiger partial charge in [-0.3, -0.25) is 4.79 Å². The van der Waals surface area contributed by atoms with Crippen LogP contribution in [-0.2, 0) is 0 Å². The Morgan fingerprint density at radius 1 is 0.815 bits per heavy atom. The van der Waals surface area contributed by atoms with Gasteiger partial charge in [-0.05, 0) is 30.3 Å². The lowest BCUT2D eigenvalue weighted by Gasteiger charge is -2.05. The molecule has 27 heavy (non-hydrogen) atoms. The van der Waals surface area contributed by atoms with Gasteiger partial charge in [-0.15, -0.1) is 0 Å². The molecule has 132 valence electrons. The fraction of sp³-hybridized carbons (Fsp3) is 0. The summed E-state index contributed by atoms with van der Waals surface area (Å²) in [7, 11) is 0. The van der Waals surface area contributed by atoms with Crippen LogP contribution in [0.3, 0.4) is 0 Å². The van der Waals surface area contributed by atoms with E-state index in [0.29, 0.717) is 22.8 Å². The molecular weight excluding hydrogens is 402 g/mol. The van der Waals surface area contributed by atoms with Crippen molar-refractivity contribution in [2.45, 2.75) is 0 Å². The summed E-state index contributed by atoms with van der Waals surface area (Å²) in [5, 5.41) is 3.23. The lowest BCUT2D eigenvalue weighted by atomic mass is 10.0. The van der Waals surface area contributed by atoms with E-state index in [0.717, 1.165) is 15.7 Å². The number of halogens is 1. The van der Waals surface area contributed by atoms with Crippen molar-refractivity contribution in [1.29, 1.82) is 0 Å². The first-order valence-corrected chi connectivity index (χ1v) is 9.31. The minimum atomic E-state index is -0.0842. The zero-order valence-electron chi connectivity index (χ0n) is 14.4. The second-order valence-electron chi connectivity index (χ2n) is 6.05. The Hall–Kier alpha value is -3.11. The summed E-state index contributed by atoms with van der Waals surface area (Å²) in [5.74, 6) is 0.984. The zero-order valence-corrected chi connectivity index (χ0v) is 15.9. The quantitative estimate of drug-likeness (QED) is 0.368. The minimum absolute atomic E-state index is 0.0842. The highest BCUT2D eigenvalue weighted by atomic mass is 79.9. The summed E-state index contributed by atoms with van der Waals surface area (Å²) < 4.78 is 7.00. The number of ketones is 1. The Morgan fingerprint density at radius 2 is 1.52 bits per heavy atom. The van der Waals surface area contributed by atoms with Crippen molar-refractivity contribution in [2.24, 2.45) is 0 Å². The van der Waals surface area contributed by atoms with Gasteiger partial charge in [-0.25, -0.2) is 0 Å². The lowest BCUT2D eigenvalue weighted by molar-refractivity contribution is 0.103. The largest absolute Gasteiger partial charge is 0.440 e. The topological polar surface area (TPSA) is 42.2 Å². The van der Waals surface area contributed by atoms with Crippen molar-refractivity contribution in [2.75, 3.05) is 5.32 Å². The van der Waals surface area contributed by atoms with Gasteiger partial charge in [-0.1, -0.05) is 76.6 Å². The van der Waals surface area contributed by atoms with Gasteiger partial charge < -0.3 is 9.73 Å². The number of hydrogen-bond donors (Lipinski definition) is 1. The summed E-state index contributed by atoms with van der Waals surface area (Å²) in [5.41, 5.74) is 2.87. The van der Waals surface area contributed by atoms with Crippen LogP contribution in [0.1, 0.15) is 15.9 Å². The fourth-order valence-electron chi connectivity index (χ4n) is 2.83. The van der Waals surface area contributed by atoms with E-state index >= 15 is 0 Å². The molecule has 1 heterocycles. The van der Waals surface area contributed by atoms with Crippen LogP contribution in [0.25, 0.3) is 11.3 Å². The molecule has 0 bridgehead atoms. The molecule has 0 aliphatic carbocycles. The molecule has 0 fully saturated rings. The smallest absolute Gasteiger partial charge is 0.209 e. The summed E-state index contributed by atoms with van der Waals surface area (Å²) in [6, 6.07) is 28.5. The van der Waals surface area contributed by atoms with Crippen LogP contribution in [0, 0.1) is 0 Å². The molecule has 1 aromatic heterocycles. The molecule has 0 aliphatic heterocycles. The molecule has 0 unspecified atom stereocenters. The average Bonchev–Trinajstić information content (AvgIpc) is 3.13. The number of para-hydroxylation sites is 1. The van der Waals surface area contributed by atoms with Crippen molar-refractivity contribution in [1.82, 2.24) is 0 Å². The molecule has 0 radical (unpaired) electrons. The summed E-state index contributed by atoms with van der Waals surface area (Å²) in [6.07, 6.45) is 0. The third kappa shape index (κ3) is 3.86. The Bertz CT molecular complexity index is 1070. The van der Waals surface area contributed by atoms with Crippen molar-refractivity contribution in [3.8, 4) is 11.3 Å². The molecule has 0 spiro atoms. The van der Waals surface area contributed by atoms with Gasteiger partial charge in [0.25, 0.3) is 0 Å². The van der Waals surface area contributed by atoms with Crippen LogP contribution in [0.2, 0.25) is 0 Å². The van der Waals surface area contributed by atoms with Crippen LogP contribution in [0.15, 0.2) is 99.9 Å². The number of carbonyl (C=O) groups is 1. The predicted octanol–water partition coefficient (Wildman–Crippen LogP) is 6.68. The molecule has 3 nitrogen and oxygen atoms in total. The molecule has 0 aliphatic rings. The molecule has 0 atom stereocenters. The van der Waals surface area contributed by atoms with E-state index in [1.54, 1.807) is 18.2 Å². The second kappa shape index (κ2) is 7.64. The Labute approximate surface area is 165 Å². The van der Waals surface area contributed by atoms with Gasteiger partial charge in [0.05, 0.1) is 5.56 Å². The highest BCUT2D eigenvalue weighted by Gasteiger charge is 2.20. The van der Waals surface area contributed by atoms with Gasteiger partial charge >= 0.3 is 0 Å². The van der Waals surface area contributed by atoms with E-state index in [1.807, 2.05) is 72.8 Å². The first-order valence-electron chi connectivity index (χ1n) is 8.52. The second-order valence-corrected chi connectivity index (χ2v) is 6.97. The maximum Gasteiger partial charge on any atom is 0.209 e. The molecule has 3 aromatic carbocycles. The number of carbonyl (C=O) groups excluding carboxylic acids is 1. The maximum absolute atomic E-state index is 13.1. The molecule has 0 amide bonds. The van der Waals surface area contributed by atoms with Crippen molar-refractivity contribution < 1.29 is 9.21 Å². The highest BCUT2D eigenvalue weighted by Crippen LogP contribution is 2.33. The van der Waals surface area contributed by atoms with E-state index < -0.39 is 0 Å². The monoisotopic (exact) mass is 417 g/mol. The predicted molar refractivity (Wildman–Crippen MR) is 111 cm³/mol. The van der Waals surface area contributed by atoms with E-state index in [2.05, 4.69) is 21.2 Å². The van der Waals surface area contributed by atoms with Gasteiger partial charge in [0.15, 0.2) is 5.78 Å². The average molecular weight is 418 g/mol. The lowest BCUT2D eigenvalue weighted by Crippen LogP contribution is -2.02.